The molecule has 0 unspecified atom stereocenters. The molecule has 0 spiro atoms. The quantitative estimate of drug-likeness (QED) is 0.626. The van der Waals surface area contributed by atoms with Crippen LogP contribution in [0.3, 0.4) is 0 Å². The minimum Gasteiger partial charge on any atom is -0.371 e. The second-order valence-corrected chi connectivity index (χ2v) is 4.99. The summed E-state index contributed by atoms with van der Waals surface area (Å²) in [5, 5.41) is 10.8. The lowest BCUT2D eigenvalue weighted by atomic mass is 9.96. The van der Waals surface area contributed by atoms with Crippen molar-refractivity contribution in [1.82, 2.24) is 0 Å². The van der Waals surface area contributed by atoms with Crippen molar-refractivity contribution in [3.63, 3.8) is 0 Å². The second kappa shape index (κ2) is 5.87. The molecule has 2 rings (SSSR count). The van der Waals surface area contributed by atoms with Gasteiger partial charge in [0.1, 0.15) is 0 Å². The van der Waals surface area contributed by atoms with Crippen molar-refractivity contribution in [1.29, 1.82) is 0 Å². The molecule has 1 amide bonds. The Bertz CT molecular complexity index is 524. The summed E-state index contributed by atoms with van der Waals surface area (Å²) in [7, 11) is 0. The fraction of sp³-hybridized carbons (Fsp3) is 0.462. The highest BCUT2D eigenvalue weighted by atomic mass is 16.6. The minimum atomic E-state index is -0.648. The van der Waals surface area contributed by atoms with E-state index in [4.69, 9.17) is 11.5 Å². The maximum atomic E-state index is 11.5. The van der Waals surface area contributed by atoms with Crippen LogP contribution >= 0.6 is 0 Å². The normalized spacial score (nSPS) is 16.1. The van der Waals surface area contributed by atoms with Crippen molar-refractivity contribution >= 4 is 17.3 Å². The first-order valence-electron chi connectivity index (χ1n) is 6.56. The number of nitrogens with zero attached hydrogens (tertiary/aromatic N) is 2. The van der Waals surface area contributed by atoms with Crippen LogP contribution in [0, 0.1) is 16.0 Å². The van der Waals surface area contributed by atoms with Gasteiger partial charge in [0.25, 0.3) is 11.6 Å². The third-order valence-electron chi connectivity index (χ3n) is 3.74. The monoisotopic (exact) mass is 278 g/mol. The van der Waals surface area contributed by atoms with Crippen LogP contribution in [-0.4, -0.2) is 30.5 Å². The van der Waals surface area contributed by atoms with Gasteiger partial charge in [-0.3, -0.25) is 14.9 Å². The van der Waals surface area contributed by atoms with E-state index in [-0.39, 0.29) is 11.3 Å². The van der Waals surface area contributed by atoms with Crippen LogP contribution < -0.4 is 16.4 Å². The lowest BCUT2D eigenvalue weighted by molar-refractivity contribution is -0.384. The summed E-state index contributed by atoms with van der Waals surface area (Å²) in [6.45, 7) is 2.22. The number of amides is 1. The molecule has 0 saturated carbocycles. The van der Waals surface area contributed by atoms with Crippen LogP contribution in [0.25, 0.3) is 0 Å². The van der Waals surface area contributed by atoms with Crippen molar-refractivity contribution in [2.24, 2.45) is 17.4 Å². The number of anilines is 1. The third kappa shape index (κ3) is 2.88. The van der Waals surface area contributed by atoms with E-state index in [0.29, 0.717) is 18.2 Å². The van der Waals surface area contributed by atoms with E-state index in [0.717, 1.165) is 25.9 Å². The fourth-order valence-corrected chi connectivity index (χ4v) is 2.52. The first kappa shape index (κ1) is 14.3. The number of benzene rings is 1. The Balaban J connectivity index is 2.27. The molecule has 1 saturated heterocycles. The highest BCUT2D eigenvalue weighted by molar-refractivity contribution is 5.99. The van der Waals surface area contributed by atoms with E-state index in [9.17, 15) is 14.9 Å². The average Bonchev–Trinajstić information content (AvgIpc) is 2.46. The zero-order valence-corrected chi connectivity index (χ0v) is 11.1. The molecule has 20 heavy (non-hydrogen) atoms. The van der Waals surface area contributed by atoms with Gasteiger partial charge in [0.15, 0.2) is 0 Å². The van der Waals surface area contributed by atoms with Crippen LogP contribution in [0.2, 0.25) is 0 Å². The molecule has 1 aromatic carbocycles. The number of nitro benzene ring substituents is 1. The summed E-state index contributed by atoms with van der Waals surface area (Å²) < 4.78 is 0. The van der Waals surface area contributed by atoms with E-state index >= 15 is 0 Å². The third-order valence-corrected chi connectivity index (χ3v) is 3.74. The van der Waals surface area contributed by atoms with Crippen LogP contribution in [0.4, 0.5) is 11.4 Å². The van der Waals surface area contributed by atoms with E-state index in [1.807, 2.05) is 4.90 Å². The molecule has 0 bridgehead atoms. The molecule has 0 aromatic heterocycles. The van der Waals surface area contributed by atoms with Crippen molar-refractivity contribution in [3.05, 3.63) is 33.9 Å². The molecule has 1 aromatic rings. The second-order valence-electron chi connectivity index (χ2n) is 4.99. The van der Waals surface area contributed by atoms with E-state index in [2.05, 4.69) is 0 Å². The Kier molecular flexibility index (Phi) is 4.19. The van der Waals surface area contributed by atoms with Gasteiger partial charge in [-0.2, -0.15) is 0 Å². The van der Waals surface area contributed by atoms with Gasteiger partial charge >= 0.3 is 0 Å². The van der Waals surface area contributed by atoms with E-state index in [1.165, 1.54) is 12.1 Å². The highest BCUT2D eigenvalue weighted by Gasteiger charge is 2.23. The van der Waals surface area contributed by atoms with Crippen molar-refractivity contribution in [3.8, 4) is 0 Å². The summed E-state index contributed by atoms with van der Waals surface area (Å²) in [4.78, 5) is 23.8. The number of hydrogen-bond acceptors (Lipinski definition) is 5. The summed E-state index contributed by atoms with van der Waals surface area (Å²) in [6, 6.07) is 4.24. The first-order chi connectivity index (χ1) is 9.52. The molecular formula is C13H18N4O3. The molecule has 0 aliphatic carbocycles. The SMILES string of the molecule is NCC1CCN(c2ccc([N+](=O)[O-])cc2C(N)=O)CC1. The molecule has 4 N–H and O–H groups in total. The Morgan fingerprint density at radius 2 is 2.05 bits per heavy atom. The number of rotatable bonds is 4. The van der Waals surface area contributed by atoms with Crippen molar-refractivity contribution < 1.29 is 9.72 Å². The maximum absolute atomic E-state index is 11.5. The molecule has 0 radical (unpaired) electrons. The molecule has 1 heterocycles. The number of primary amides is 1. The predicted octanol–water partition coefficient (Wildman–Crippen LogP) is 0.869. The van der Waals surface area contributed by atoms with Crippen LogP contribution in [0.1, 0.15) is 23.2 Å². The molecule has 1 fully saturated rings. The van der Waals surface area contributed by atoms with Crippen molar-refractivity contribution in [2.75, 3.05) is 24.5 Å². The number of non-ortho nitro benzene ring substituents is 1. The van der Waals surface area contributed by atoms with E-state index < -0.39 is 10.8 Å². The van der Waals surface area contributed by atoms with Gasteiger partial charge in [0.2, 0.25) is 0 Å². The Labute approximate surface area is 116 Å². The van der Waals surface area contributed by atoms with Crippen LogP contribution in [0.5, 0.6) is 0 Å². The standard InChI is InChI=1S/C13H18N4O3/c14-8-9-3-5-16(6-4-9)12-2-1-10(17(19)20)7-11(12)13(15)18/h1-2,7,9H,3-6,8,14H2,(H2,15,18). The Morgan fingerprint density at radius 1 is 1.40 bits per heavy atom. The first-order valence-corrected chi connectivity index (χ1v) is 6.56. The largest absolute Gasteiger partial charge is 0.371 e. The predicted molar refractivity (Wildman–Crippen MR) is 75.6 cm³/mol. The van der Waals surface area contributed by atoms with Gasteiger partial charge in [0, 0.05) is 25.2 Å². The summed E-state index contributed by atoms with van der Waals surface area (Å²) in [5.74, 6) is -0.147. The Hall–Kier alpha value is -2.15. The number of hydrogen-bond donors (Lipinski definition) is 2. The van der Waals surface area contributed by atoms with Gasteiger partial charge in [-0.25, -0.2) is 0 Å². The zero-order chi connectivity index (χ0) is 14.7. The van der Waals surface area contributed by atoms with Gasteiger partial charge < -0.3 is 16.4 Å². The number of piperidine rings is 1. The van der Waals surface area contributed by atoms with Crippen LogP contribution in [0.15, 0.2) is 18.2 Å². The minimum absolute atomic E-state index is 0.126. The molecule has 0 atom stereocenters. The fourth-order valence-electron chi connectivity index (χ4n) is 2.52. The number of nitro groups is 1. The lowest BCUT2D eigenvalue weighted by Gasteiger charge is -2.33. The number of carbonyl (C=O) groups is 1. The molecule has 1 aliphatic heterocycles. The lowest BCUT2D eigenvalue weighted by Crippen LogP contribution is -2.37. The highest BCUT2D eigenvalue weighted by Crippen LogP contribution is 2.28. The maximum Gasteiger partial charge on any atom is 0.270 e. The van der Waals surface area contributed by atoms with Crippen LogP contribution in [-0.2, 0) is 0 Å². The average molecular weight is 278 g/mol. The molecular weight excluding hydrogens is 260 g/mol. The van der Waals surface area contributed by atoms with Crippen molar-refractivity contribution in [2.45, 2.75) is 12.8 Å². The van der Waals surface area contributed by atoms with Gasteiger partial charge in [-0.1, -0.05) is 0 Å². The number of carbonyl (C=O) groups excluding carboxylic acids is 1. The summed E-state index contributed by atoms with van der Waals surface area (Å²) >= 11 is 0. The van der Waals surface area contributed by atoms with Gasteiger partial charge in [-0.05, 0) is 31.4 Å². The van der Waals surface area contributed by atoms with Gasteiger partial charge in [0.05, 0.1) is 16.2 Å². The molecule has 7 nitrogen and oxygen atoms in total. The summed E-state index contributed by atoms with van der Waals surface area (Å²) in [6.07, 6.45) is 1.90. The zero-order valence-electron chi connectivity index (χ0n) is 11.1. The topological polar surface area (TPSA) is 115 Å². The summed E-state index contributed by atoms with van der Waals surface area (Å²) in [5.41, 5.74) is 11.7. The van der Waals surface area contributed by atoms with Gasteiger partial charge in [-0.15, -0.1) is 0 Å². The number of nitrogens with two attached hydrogens (primary N) is 2. The molecule has 1 aliphatic rings. The molecule has 108 valence electrons. The van der Waals surface area contributed by atoms with E-state index in [1.54, 1.807) is 6.07 Å². The Morgan fingerprint density at radius 3 is 2.55 bits per heavy atom. The smallest absolute Gasteiger partial charge is 0.270 e. The molecule has 7 heteroatoms.